The van der Waals surface area contributed by atoms with Crippen molar-refractivity contribution in [1.29, 1.82) is 0 Å². The summed E-state index contributed by atoms with van der Waals surface area (Å²) >= 11 is 6.14. The van der Waals surface area contributed by atoms with Gasteiger partial charge in [-0.15, -0.1) is 0 Å². The maximum absolute atomic E-state index is 9.55. The molecule has 0 radical (unpaired) electrons. The number of hydrogen-bond acceptors (Lipinski definition) is 2. The molecular formula is C20H16ClNO. The van der Waals surface area contributed by atoms with E-state index in [0.717, 1.165) is 28.0 Å². The molecule has 114 valence electrons. The van der Waals surface area contributed by atoms with Crippen molar-refractivity contribution in [2.45, 2.75) is 6.92 Å². The molecule has 1 N–H and O–H groups in total. The van der Waals surface area contributed by atoms with E-state index in [9.17, 15) is 5.11 Å². The zero-order valence-corrected chi connectivity index (χ0v) is 13.5. The molecule has 2 nitrogen and oxygen atoms in total. The van der Waals surface area contributed by atoms with Gasteiger partial charge in [0, 0.05) is 16.8 Å². The highest BCUT2D eigenvalue weighted by atomic mass is 35.5. The molecule has 0 aliphatic heterocycles. The summed E-state index contributed by atoms with van der Waals surface area (Å²) in [4.78, 5) is 4.49. The van der Waals surface area contributed by atoms with E-state index in [1.54, 1.807) is 18.3 Å². The van der Waals surface area contributed by atoms with Gasteiger partial charge in [-0.2, -0.15) is 0 Å². The van der Waals surface area contributed by atoms with E-state index < -0.39 is 0 Å². The number of hydrogen-bond donors (Lipinski definition) is 1. The lowest BCUT2D eigenvalue weighted by molar-refractivity contribution is 0.475. The maximum atomic E-state index is 9.55. The zero-order valence-electron chi connectivity index (χ0n) is 12.7. The summed E-state index contributed by atoms with van der Waals surface area (Å²) < 4.78 is 0. The largest absolute Gasteiger partial charge is 0.508 e. The van der Waals surface area contributed by atoms with Gasteiger partial charge < -0.3 is 5.11 Å². The lowest BCUT2D eigenvalue weighted by atomic mass is 9.93. The minimum absolute atomic E-state index is 0.245. The molecule has 0 unspecified atom stereocenters. The molecule has 0 saturated heterocycles. The third kappa shape index (κ3) is 3.43. The molecule has 0 saturated carbocycles. The third-order valence-electron chi connectivity index (χ3n) is 3.71. The predicted molar refractivity (Wildman–Crippen MR) is 95.4 cm³/mol. The van der Waals surface area contributed by atoms with Crippen molar-refractivity contribution in [1.82, 2.24) is 4.98 Å². The second kappa shape index (κ2) is 6.67. The number of allylic oxidation sites excluding steroid dienone is 1. The molecule has 0 amide bonds. The van der Waals surface area contributed by atoms with Gasteiger partial charge in [0.15, 0.2) is 0 Å². The Hall–Kier alpha value is -2.58. The SMILES string of the molecule is C/C(=C(/c1ccc(O)cc1)c1ccccn1)c1cccc(Cl)c1. The Morgan fingerprint density at radius 2 is 1.70 bits per heavy atom. The van der Waals surface area contributed by atoms with Crippen LogP contribution in [0.4, 0.5) is 0 Å². The Morgan fingerprint density at radius 3 is 2.35 bits per heavy atom. The van der Waals surface area contributed by atoms with Crippen LogP contribution in [0, 0.1) is 0 Å². The number of halogens is 1. The first kappa shape index (κ1) is 15.3. The number of aromatic nitrogens is 1. The van der Waals surface area contributed by atoms with Gasteiger partial charge in [0.2, 0.25) is 0 Å². The normalized spacial score (nSPS) is 11.9. The van der Waals surface area contributed by atoms with Crippen molar-refractivity contribution >= 4 is 22.7 Å². The van der Waals surface area contributed by atoms with E-state index in [-0.39, 0.29) is 5.75 Å². The van der Waals surface area contributed by atoms with E-state index in [2.05, 4.69) is 11.9 Å². The monoisotopic (exact) mass is 321 g/mol. The van der Waals surface area contributed by atoms with Crippen LogP contribution in [-0.2, 0) is 0 Å². The molecule has 1 heterocycles. The summed E-state index contributed by atoms with van der Waals surface area (Å²) in [7, 11) is 0. The summed E-state index contributed by atoms with van der Waals surface area (Å²) in [5, 5.41) is 10.3. The van der Waals surface area contributed by atoms with E-state index in [1.807, 2.05) is 54.6 Å². The fraction of sp³-hybridized carbons (Fsp3) is 0.0500. The first-order chi connectivity index (χ1) is 11.1. The van der Waals surface area contributed by atoms with Gasteiger partial charge >= 0.3 is 0 Å². The molecule has 3 heteroatoms. The highest BCUT2D eigenvalue weighted by Crippen LogP contribution is 2.32. The molecule has 1 aromatic heterocycles. The van der Waals surface area contributed by atoms with Gasteiger partial charge in [0.25, 0.3) is 0 Å². The topological polar surface area (TPSA) is 33.1 Å². The quantitative estimate of drug-likeness (QED) is 0.653. The number of nitrogens with zero attached hydrogens (tertiary/aromatic N) is 1. The fourth-order valence-electron chi connectivity index (χ4n) is 2.56. The van der Waals surface area contributed by atoms with Gasteiger partial charge in [-0.1, -0.05) is 41.9 Å². The highest BCUT2D eigenvalue weighted by molar-refractivity contribution is 6.30. The molecule has 0 fully saturated rings. The number of phenols is 1. The van der Waals surface area contributed by atoms with Crippen LogP contribution in [0.2, 0.25) is 5.02 Å². The lowest BCUT2D eigenvalue weighted by Crippen LogP contribution is -1.95. The van der Waals surface area contributed by atoms with Crippen LogP contribution in [0.3, 0.4) is 0 Å². The first-order valence-corrected chi connectivity index (χ1v) is 7.70. The van der Waals surface area contributed by atoms with E-state index in [0.29, 0.717) is 5.02 Å². The number of phenolic OH excluding ortho intramolecular Hbond substituents is 1. The van der Waals surface area contributed by atoms with Crippen molar-refractivity contribution in [3.05, 3.63) is 94.8 Å². The lowest BCUT2D eigenvalue weighted by Gasteiger charge is -2.13. The van der Waals surface area contributed by atoms with Gasteiger partial charge in [0.05, 0.1) is 5.69 Å². The molecule has 0 bridgehead atoms. The van der Waals surface area contributed by atoms with Crippen LogP contribution >= 0.6 is 11.6 Å². The second-order valence-electron chi connectivity index (χ2n) is 5.27. The summed E-state index contributed by atoms with van der Waals surface area (Å²) in [6.45, 7) is 2.06. The summed E-state index contributed by atoms with van der Waals surface area (Å²) in [5.74, 6) is 0.245. The Labute approximate surface area is 140 Å². The van der Waals surface area contributed by atoms with Crippen LogP contribution < -0.4 is 0 Å². The van der Waals surface area contributed by atoms with Gasteiger partial charge in [-0.05, 0) is 60.0 Å². The second-order valence-corrected chi connectivity index (χ2v) is 5.71. The Kier molecular flexibility index (Phi) is 4.45. The average Bonchev–Trinajstić information content (AvgIpc) is 2.58. The third-order valence-corrected chi connectivity index (χ3v) is 3.94. The number of benzene rings is 2. The van der Waals surface area contributed by atoms with Gasteiger partial charge in [-0.25, -0.2) is 0 Å². The van der Waals surface area contributed by atoms with E-state index >= 15 is 0 Å². The molecule has 0 atom stereocenters. The van der Waals surface area contributed by atoms with Gasteiger partial charge in [-0.3, -0.25) is 4.98 Å². The minimum atomic E-state index is 0.245. The molecule has 2 aromatic carbocycles. The summed E-state index contributed by atoms with van der Waals surface area (Å²) in [5.41, 5.74) is 5.03. The molecule has 0 spiro atoms. The smallest absolute Gasteiger partial charge is 0.115 e. The molecule has 0 aliphatic rings. The number of pyridine rings is 1. The predicted octanol–water partition coefficient (Wildman–Crippen LogP) is 5.42. The van der Waals surface area contributed by atoms with E-state index in [1.165, 1.54) is 0 Å². The molecule has 0 aliphatic carbocycles. The van der Waals surface area contributed by atoms with Crippen LogP contribution in [0.25, 0.3) is 11.1 Å². The first-order valence-electron chi connectivity index (χ1n) is 7.33. The molecule has 3 aromatic rings. The zero-order chi connectivity index (χ0) is 16.2. The average molecular weight is 322 g/mol. The van der Waals surface area contributed by atoms with Crippen molar-refractivity contribution in [3.8, 4) is 5.75 Å². The maximum Gasteiger partial charge on any atom is 0.115 e. The standard InChI is InChI=1S/C20H16ClNO/c1-14(16-5-4-6-17(21)13-16)20(19-7-2-3-12-22-19)15-8-10-18(23)11-9-15/h2-13,23H,1H3/b20-14+. The van der Waals surface area contributed by atoms with Crippen molar-refractivity contribution in [2.24, 2.45) is 0 Å². The summed E-state index contributed by atoms with van der Waals surface area (Å²) in [6, 6.07) is 20.8. The number of aromatic hydroxyl groups is 1. The van der Waals surface area contributed by atoms with E-state index in [4.69, 9.17) is 11.6 Å². The fourth-order valence-corrected chi connectivity index (χ4v) is 2.75. The molecular weight excluding hydrogens is 306 g/mol. The van der Waals surface area contributed by atoms with Crippen molar-refractivity contribution in [2.75, 3.05) is 0 Å². The van der Waals surface area contributed by atoms with Crippen LogP contribution in [0.15, 0.2) is 72.9 Å². The van der Waals surface area contributed by atoms with Crippen LogP contribution in [-0.4, -0.2) is 10.1 Å². The Balaban J connectivity index is 2.23. The van der Waals surface area contributed by atoms with Crippen molar-refractivity contribution in [3.63, 3.8) is 0 Å². The van der Waals surface area contributed by atoms with Crippen LogP contribution in [0.1, 0.15) is 23.7 Å². The van der Waals surface area contributed by atoms with Crippen LogP contribution in [0.5, 0.6) is 5.75 Å². The summed E-state index contributed by atoms with van der Waals surface area (Å²) in [6.07, 6.45) is 1.78. The Morgan fingerprint density at radius 1 is 0.913 bits per heavy atom. The molecule has 3 rings (SSSR count). The minimum Gasteiger partial charge on any atom is -0.508 e. The highest BCUT2D eigenvalue weighted by Gasteiger charge is 2.12. The Bertz CT molecular complexity index is 839. The molecule has 23 heavy (non-hydrogen) atoms. The van der Waals surface area contributed by atoms with Crippen molar-refractivity contribution < 1.29 is 5.11 Å². The van der Waals surface area contributed by atoms with Gasteiger partial charge in [0.1, 0.15) is 5.75 Å². The number of rotatable bonds is 3.